The molecule has 3 N–H and O–H groups in total. The molecule has 0 aliphatic heterocycles. The van der Waals surface area contributed by atoms with Crippen LogP contribution in [0, 0.1) is 23.2 Å². The third-order valence-electron chi connectivity index (χ3n) is 3.38. The summed E-state index contributed by atoms with van der Waals surface area (Å²) in [4.78, 5) is 16.1. The third kappa shape index (κ3) is 5.02. The van der Waals surface area contributed by atoms with Crippen molar-refractivity contribution in [3.8, 4) is 11.8 Å². The fourth-order valence-electron chi connectivity index (χ4n) is 1.40. The number of carbonyl (C=O) groups is 1. The number of hydrogen-bond acceptors (Lipinski definition) is 3. The highest BCUT2D eigenvalue weighted by Crippen LogP contribution is 2.24. The van der Waals surface area contributed by atoms with Gasteiger partial charge in [-0.15, -0.1) is 0 Å². The van der Waals surface area contributed by atoms with Crippen LogP contribution in [0.15, 0.2) is 18.3 Å². The summed E-state index contributed by atoms with van der Waals surface area (Å²) in [7, 11) is 0. The first kappa shape index (κ1) is 16.2. The van der Waals surface area contributed by atoms with Gasteiger partial charge in [0.25, 0.3) is 5.91 Å². The lowest BCUT2D eigenvalue weighted by molar-refractivity contribution is 0.0932. The SMILES string of the molecule is CC(CNC(=O)c1ccc(C#CCN)cn1)C(C)(C)C. The molecule has 1 unspecified atom stereocenters. The van der Waals surface area contributed by atoms with Gasteiger partial charge in [-0.1, -0.05) is 39.5 Å². The number of nitrogens with one attached hydrogen (secondary N) is 1. The summed E-state index contributed by atoms with van der Waals surface area (Å²) >= 11 is 0. The van der Waals surface area contributed by atoms with Gasteiger partial charge in [0.15, 0.2) is 0 Å². The number of carbonyl (C=O) groups excluding carboxylic acids is 1. The second-order valence-corrected chi connectivity index (χ2v) is 5.92. The lowest BCUT2D eigenvalue weighted by Crippen LogP contribution is -2.34. The van der Waals surface area contributed by atoms with Crippen LogP contribution >= 0.6 is 0 Å². The van der Waals surface area contributed by atoms with E-state index in [4.69, 9.17) is 5.73 Å². The number of rotatable bonds is 3. The third-order valence-corrected chi connectivity index (χ3v) is 3.38. The molecule has 1 aromatic rings. The fourth-order valence-corrected chi connectivity index (χ4v) is 1.40. The maximum absolute atomic E-state index is 12.0. The monoisotopic (exact) mass is 273 g/mol. The van der Waals surface area contributed by atoms with Crippen LogP contribution in [0.1, 0.15) is 43.7 Å². The first-order chi connectivity index (χ1) is 9.34. The minimum Gasteiger partial charge on any atom is -0.350 e. The number of nitrogens with two attached hydrogens (primary N) is 1. The zero-order valence-corrected chi connectivity index (χ0v) is 12.7. The van der Waals surface area contributed by atoms with E-state index in [1.807, 2.05) is 0 Å². The number of hydrogen-bond donors (Lipinski definition) is 2. The maximum atomic E-state index is 12.0. The van der Waals surface area contributed by atoms with E-state index in [0.717, 1.165) is 5.56 Å². The molecule has 0 aliphatic carbocycles. The molecule has 0 aromatic carbocycles. The van der Waals surface area contributed by atoms with Gasteiger partial charge in [0.2, 0.25) is 0 Å². The molecule has 20 heavy (non-hydrogen) atoms. The van der Waals surface area contributed by atoms with Crippen molar-refractivity contribution >= 4 is 5.91 Å². The van der Waals surface area contributed by atoms with Crippen molar-refractivity contribution in [1.82, 2.24) is 10.3 Å². The van der Waals surface area contributed by atoms with E-state index >= 15 is 0 Å². The molecule has 1 aromatic heterocycles. The number of aromatic nitrogens is 1. The predicted molar refractivity (Wildman–Crippen MR) is 81.1 cm³/mol. The van der Waals surface area contributed by atoms with E-state index in [1.54, 1.807) is 18.3 Å². The van der Waals surface area contributed by atoms with Gasteiger partial charge in [0.1, 0.15) is 5.69 Å². The van der Waals surface area contributed by atoms with Gasteiger partial charge in [-0.05, 0) is 23.5 Å². The Kier molecular flexibility index (Phi) is 5.72. The van der Waals surface area contributed by atoms with E-state index in [0.29, 0.717) is 24.7 Å². The molecule has 4 heteroatoms. The number of nitrogens with zero attached hydrogens (tertiary/aromatic N) is 1. The Balaban J connectivity index is 2.60. The lowest BCUT2D eigenvalue weighted by atomic mass is 9.82. The summed E-state index contributed by atoms with van der Waals surface area (Å²) in [6.45, 7) is 9.55. The van der Waals surface area contributed by atoms with Crippen molar-refractivity contribution < 1.29 is 4.79 Å². The first-order valence-corrected chi connectivity index (χ1v) is 6.77. The molecule has 0 spiro atoms. The van der Waals surface area contributed by atoms with Crippen LogP contribution in [0.2, 0.25) is 0 Å². The minimum atomic E-state index is -0.153. The summed E-state index contributed by atoms with van der Waals surface area (Å²) in [6.07, 6.45) is 1.59. The van der Waals surface area contributed by atoms with Crippen molar-refractivity contribution in [1.29, 1.82) is 0 Å². The Morgan fingerprint density at radius 2 is 2.15 bits per heavy atom. The Morgan fingerprint density at radius 3 is 2.65 bits per heavy atom. The van der Waals surface area contributed by atoms with Gasteiger partial charge in [0, 0.05) is 18.3 Å². The van der Waals surface area contributed by atoms with E-state index in [-0.39, 0.29) is 11.3 Å². The Hall–Kier alpha value is -1.86. The number of amides is 1. The van der Waals surface area contributed by atoms with Gasteiger partial charge in [-0.2, -0.15) is 0 Å². The average Bonchev–Trinajstić information content (AvgIpc) is 2.41. The molecule has 1 amide bonds. The molecule has 1 atom stereocenters. The highest BCUT2D eigenvalue weighted by Gasteiger charge is 2.20. The Bertz CT molecular complexity index is 503. The summed E-state index contributed by atoms with van der Waals surface area (Å²) < 4.78 is 0. The largest absolute Gasteiger partial charge is 0.350 e. The number of pyridine rings is 1. The normalized spacial score (nSPS) is 12.2. The van der Waals surface area contributed by atoms with Crippen LogP contribution in [0.25, 0.3) is 0 Å². The molecule has 0 aliphatic rings. The van der Waals surface area contributed by atoms with Crippen molar-refractivity contribution in [3.63, 3.8) is 0 Å². The van der Waals surface area contributed by atoms with Crippen molar-refractivity contribution in [3.05, 3.63) is 29.6 Å². The fraction of sp³-hybridized carbons (Fsp3) is 0.500. The molecule has 0 saturated heterocycles. The van der Waals surface area contributed by atoms with Crippen LogP contribution in [0.5, 0.6) is 0 Å². The second kappa shape index (κ2) is 7.06. The van der Waals surface area contributed by atoms with Crippen LogP contribution in [-0.4, -0.2) is 24.0 Å². The molecular weight excluding hydrogens is 250 g/mol. The molecule has 0 fully saturated rings. The smallest absolute Gasteiger partial charge is 0.269 e. The van der Waals surface area contributed by atoms with Crippen molar-refractivity contribution in [2.75, 3.05) is 13.1 Å². The molecule has 4 nitrogen and oxygen atoms in total. The van der Waals surface area contributed by atoms with Gasteiger partial charge < -0.3 is 11.1 Å². The standard InChI is InChI=1S/C16H23N3O/c1-12(16(2,3)4)10-19-15(20)14-8-7-13(11-18-14)6-5-9-17/h7-8,11-12H,9-10,17H2,1-4H3,(H,19,20). The Morgan fingerprint density at radius 1 is 1.45 bits per heavy atom. The molecule has 1 rings (SSSR count). The van der Waals surface area contributed by atoms with Gasteiger partial charge in [-0.25, -0.2) is 4.98 Å². The summed E-state index contributed by atoms with van der Waals surface area (Å²) in [5.74, 6) is 5.86. The topological polar surface area (TPSA) is 68.0 Å². The van der Waals surface area contributed by atoms with Crippen molar-refractivity contribution in [2.24, 2.45) is 17.1 Å². The zero-order chi connectivity index (χ0) is 15.2. The van der Waals surface area contributed by atoms with Gasteiger partial charge in [-0.3, -0.25) is 4.79 Å². The zero-order valence-electron chi connectivity index (χ0n) is 12.7. The summed E-state index contributed by atoms with van der Waals surface area (Å²) in [5, 5.41) is 2.91. The lowest BCUT2D eigenvalue weighted by Gasteiger charge is -2.27. The molecule has 0 saturated carbocycles. The van der Waals surface area contributed by atoms with E-state index in [2.05, 4.69) is 49.8 Å². The maximum Gasteiger partial charge on any atom is 0.269 e. The van der Waals surface area contributed by atoms with Crippen LogP contribution in [0.3, 0.4) is 0 Å². The highest BCUT2D eigenvalue weighted by molar-refractivity contribution is 5.92. The van der Waals surface area contributed by atoms with Gasteiger partial charge >= 0.3 is 0 Å². The van der Waals surface area contributed by atoms with E-state index in [9.17, 15) is 4.79 Å². The van der Waals surface area contributed by atoms with Crippen LogP contribution in [-0.2, 0) is 0 Å². The van der Waals surface area contributed by atoms with Crippen LogP contribution in [0.4, 0.5) is 0 Å². The molecule has 108 valence electrons. The molecule has 0 radical (unpaired) electrons. The van der Waals surface area contributed by atoms with Crippen molar-refractivity contribution in [2.45, 2.75) is 27.7 Å². The molecular formula is C16H23N3O. The molecule has 0 bridgehead atoms. The second-order valence-electron chi connectivity index (χ2n) is 5.92. The van der Waals surface area contributed by atoms with Gasteiger partial charge in [0.05, 0.1) is 6.54 Å². The van der Waals surface area contributed by atoms with E-state index < -0.39 is 0 Å². The summed E-state index contributed by atoms with van der Waals surface area (Å²) in [6, 6.07) is 3.45. The van der Waals surface area contributed by atoms with Crippen LogP contribution < -0.4 is 11.1 Å². The molecule has 1 heterocycles. The minimum absolute atomic E-state index is 0.153. The Labute approximate surface area is 121 Å². The quantitative estimate of drug-likeness (QED) is 0.825. The first-order valence-electron chi connectivity index (χ1n) is 6.77. The predicted octanol–water partition coefficient (Wildman–Crippen LogP) is 1.80. The highest BCUT2D eigenvalue weighted by atomic mass is 16.1. The van der Waals surface area contributed by atoms with E-state index in [1.165, 1.54) is 0 Å². The summed E-state index contributed by atoms with van der Waals surface area (Å²) in [5.41, 5.74) is 6.63. The average molecular weight is 273 g/mol.